The van der Waals surface area contributed by atoms with Gasteiger partial charge in [0.05, 0.1) is 11.9 Å². The number of halogens is 1. The summed E-state index contributed by atoms with van der Waals surface area (Å²) in [7, 11) is -3.58. The Hall–Kier alpha value is -2.58. The standard InChI is InChI=1S/C25H34ClN3O4S/c1-5-22(25(31)27-6-2)28(18-20-11-8-7-9-12-20)24(30)13-10-16-29(34(4,32)33)23-17-21(26)15-14-19(23)3/h7-9,11-12,14-15,17,22H,5-6,10,13,16,18H2,1-4H3,(H,27,31). The highest BCUT2D eigenvalue weighted by molar-refractivity contribution is 7.92. The maximum absolute atomic E-state index is 13.3. The fraction of sp³-hybridized carbons (Fsp3) is 0.440. The highest BCUT2D eigenvalue weighted by Crippen LogP contribution is 2.27. The smallest absolute Gasteiger partial charge is 0.242 e. The van der Waals surface area contributed by atoms with Crippen LogP contribution < -0.4 is 9.62 Å². The van der Waals surface area contributed by atoms with E-state index < -0.39 is 16.1 Å². The number of amides is 2. The topological polar surface area (TPSA) is 86.8 Å². The maximum atomic E-state index is 13.3. The normalized spacial score (nSPS) is 12.1. The first kappa shape index (κ1) is 27.7. The zero-order valence-corrected chi connectivity index (χ0v) is 21.8. The minimum absolute atomic E-state index is 0.106. The van der Waals surface area contributed by atoms with Crippen LogP contribution in [0.15, 0.2) is 48.5 Å². The second-order valence-electron chi connectivity index (χ2n) is 8.20. The lowest BCUT2D eigenvalue weighted by Crippen LogP contribution is -2.49. The molecule has 0 saturated carbocycles. The molecule has 0 aliphatic heterocycles. The van der Waals surface area contributed by atoms with Crippen LogP contribution in [0.5, 0.6) is 0 Å². The molecule has 0 aliphatic rings. The van der Waals surface area contributed by atoms with E-state index >= 15 is 0 Å². The Bertz CT molecular complexity index is 1080. The van der Waals surface area contributed by atoms with Gasteiger partial charge in [0.1, 0.15) is 6.04 Å². The predicted molar refractivity (Wildman–Crippen MR) is 137 cm³/mol. The Labute approximate surface area is 208 Å². The number of carbonyl (C=O) groups excluding carboxylic acids is 2. The fourth-order valence-electron chi connectivity index (χ4n) is 3.83. The molecular weight excluding hydrogens is 474 g/mol. The van der Waals surface area contributed by atoms with E-state index in [1.807, 2.05) is 51.1 Å². The number of hydrogen-bond donors (Lipinski definition) is 1. The van der Waals surface area contributed by atoms with Crippen molar-refractivity contribution in [2.45, 2.75) is 52.6 Å². The molecule has 34 heavy (non-hydrogen) atoms. The number of benzene rings is 2. The summed E-state index contributed by atoms with van der Waals surface area (Å²) in [6.07, 6.45) is 2.02. The van der Waals surface area contributed by atoms with Crippen molar-refractivity contribution in [2.24, 2.45) is 0 Å². The van der Waals surface area contributed by atoms with Crippen molar-refractivity contribution in [1.29, 1.82) is 0 Å². The van der Waals surface area contributed by atoms with Crippen LogP contribution in [0, 0.1) is 6.92 Å². The quantitative estimate of drug-likeness (QED) is 0.467. The molecule has 0 saturated heterocycles. The number of sulfonamides is 1. The number of carbonyl (C=O) groups is 2. The van der Waals surface area contributed by atoms with Crippen molar-refractivity contribution >= 4 is 39.1 Å². The third kappa shape index (κ3) is 7.74. The molecule has 186 valence electrons. The zero-order chi connectivity index (χ0) is 25.3. The van der Waals surface area contributed by atoms with Gasteiger partial charge in [-0.05, 0) is 49.9 Å². The molecule has 7 nitrogen and oxygen atoms in total. The van der Waals surface area contributed by atoms with Crippen LogP contribution in [0.3, 0.4) is 0 Å². The van der Waals surface area contributed by atoms with Gasteiger partial charge < -0.3 is 10.2 Å². The number of nitrogens with zero attached hydrogens (tertiary/aromatic N) is 2. The van der Waals surface area contributed by atoms with Gasteiger partial charge in [0, 0.05) is 31.1 Å². The van der Waals surface area contributed by atoms with Gasteiger partial charge in [-0.15, -0.1) is 0 Å². The minimum atomic E-state index is -3.58. The average Bonchev–Trinajstić information content (AvgIpc) is 2.78. The van der Waals surface area contributed by atoms with E-state index in [2.05, 4.69) is 5.32 Å². The Kier molecular flexibility index (Phi) is 10.4. The maximum Gasteiger partial charge on any atom is 0.242 e. The summed E-state index contributed by atoms with van der Waals surface area (Å²) >= 11 is 6.10. The van der Waals surface area contributed by atoms with E-state index in [4.69, 9.17) is 11.6 Å². The highest BCUT2D eigenvalue weighted by atomic mass is 35.5. The van der Waals surface area contributed by atoms with Gasteiger partial charge in [-0.25, -0.2) is 8.42 Å². The Morgan fingerprint density at radius 2 is 1.76 bits per heavy atom. The Morgan fingerprint density at radius 3 is 2.35 bits per heavy atom. The van der Waals surface area contributed by atoms with Crippen LogP contribution >= 0.6 is 11.6 Å². The molecular formula is C25H34ClN3O4S. The van der Waals surface area contributed by atoms with E-state index in [1.165, 1.54) is 4.31 Å². The second kappa shape index (κ2) is 12.8. The third-order valence-corrected chi connectivity index (χ3v) is 6.94. The van der Waals surface area contributed by atoms with Gasteiger partial charge in [0.2, 0.25) is 21.8 Å². The van der Waals surface area contributed by atoms with Gasteiger partial charge in [-0.1, -0.05) is 54.9 Å². The number of aryl methyl sites for hydroxylation is 1. The molecule has 1 unspecified atom stereocenters. The van der Waals surface area contributed by atoms with Crippen LogP contribution in [-0.4, -0.2) is 50.5 Å². The summed E-state index contributed by atoms with van der Waals surface area (Å²) in [5.41, 5.74) is 2.19. The molecule has 0 radical (unpaired) electrons. The van der Waals surface area contributed by atoms with Crippen molar-refractivity contribution in [1.82, 2.24) is 10.2 Å². The van der Waals surface area contributed by atoms with Crippen LogP contribution in [0.4, 0.5) is 5.69 Å². The largest absolute Gasteiger partial charge is 0.355 e. The summed E-state index contributed by atoms with van der Waals surface area (Å²) in [4.78, 5) is 27.6. The number of hydrogen-bond acceptors (Lipinski definition) is 4. The first-order valence-corrected chi connectivity index (χ1v) is 13.7. The Balaban J connectivity index is 2.21. The molecule has 0 spiro atoms. The van der Waals surface area contributed by atoms with Crippen LogP contribution in [0.1, 0.15) is 44.2 Å². The lowest BCUT2D eigenvalue weighted by atomic mass is 10.1. The van der Waals surface area contributed by atoms with Gasteiger partial charge in [0.15, 0.2) is 0 Å². The van der Waals surface area contributed by atoms with Gasteiger partial charge in [0.25, 0.3) is 0 Å². The summed E-state index contributed by atoms with van der Waals surface area (Å²) < 4.78 is 26.3. The van der Waals surface area contributed by atoms with Crippen molar-refractivity contribution in [3.8, 4) is 0 Å². The molecule has 9 heteroatoms. The molecule has 2 rings (SSSR count). The number of anilines is 1. The lowest BCUT2D eigenvalue weighted by Gasteiger charge is -2.31. The van der Waals surface area contributed by atoms with Gasteiger partial charge in [-0.2, -0.15) is 0 Å². The molecule has 0 aromatic heterocycles. The number of rotatable bonds is 12. The van der Waals surface area contributed by atoms with E-state index in [-0.39, 0.29) is 24.8 Å². The SMILES string of the molecule is CCNC(=O)C(CC)N(Cc1ccccc1)C(=O)CCCN(c1cc(Cl)ccc1C)S(C)(=O)=O. The molecule has 2 aromatic rings. The first-order valence-electron chi connectivity index (χ1n) is 11.4. The van der Waals surface area contributed by atoms with Crippen LogP contribution in [0.25, 0.3) is 0 Å². The first-order chi connectivity index (χ1) is 16.1. The van der Waals surface area contributed by atoms with Crippen molar-refractivity contribution in [2.75, 3.05) is 23.7 Å². The molecule has 2 amide bonds. The molecule has 0 bridgehead atoms. The monoisotopic (exact) mass is 507 g/mol. The second-order valence-corrected chi connectivity index (χ2v) is 10.5. The summed E-state index contributed by atoms with van der Waals surface area (Å²) in [5, 5.41) is 3.25. The van der Waals surface area contributed by atoms with Crippen LogP contribution in [-0.2, 0) is 26.2 Å². The molecule has 1 N–H and O–H groups in total. The van der Waals surface area contributed by atoms with Crippen molar-refractivity contribution < 1.29 is 18.0 Å². The number of likely N-dealkylation sites (N-methyl/N-ethyl adjacent to an activating group) is 1. The highest BCUT2D eigenvalue weighted by Gasteiger charge is 2.28. The van der Waals surface area contributed by atoms with Crippen molar-refractivity contribution in [3.63, 3.8) is 0 Å². The van der Waals surface area contributed by atoms with Gasteiger partial charge >= 0.3 is 0 Å². The molecule has 0 aliphatic carbocycles. The summed E-state index contributed by atoms with van der Waals surface area (Å²) in [6, 6.07) is 14.0. The predicted octanol–water partition coefficient (Wildman–Crippen LogP) is 4.14. The molecule has 0 fully saturated rings. The molecule has 2 aromatic carbocycles. The fourth-order valence-corrected chi connectivity index (χ4v) is 5.01. The summed E-state index contributed by atoms with van der Waals surface area (Å²) in [5.74, 6) is -0.389. The minimum Gasteiger partial charge on any atom is -0.355 e. The van der Waals surface area contributed by atoms with E-state index in [0.29, 0.717) is 36.6 Å². The van der Waals surface area contributed by atoms with Crippen molar-refractivity contribution in [3.05, 3.63) is 64.7 Å². The lowest BCUT2D eigenvalue weighted by molar-refractivity contribution is -0.141. The number of nitrogens with one attached hydrogen (secondary N) is 1. The van der Waals surface area contributed by atoms with Crippen LogP contribution in [0.2, 0.25) is 5.02 Å². The molecule has 0 heterocycles. The van der Waals surface area contributed by atoms with E-state index in [0.717, 1.165) is 17.4 Å². The molecule has 1 atom stereocenters. The third-order valence-electron chi connectivity index (χ3n) is 5.52. The average molecular weight is 508 g/mol. The van der Waals surface area contributed by atoms with E-state index in [9.17, 15) is 18.0 Å². The Morgan fingerprint density at radius 1 is 1.09 bits per heavy atom. The summed E-state index contributed by atoms with van der Waals surface area (Å²) in [6.45, 7) is 6.44. The van der Waals surface area contributed by atoms with Gasteiger partial charge in [-0.3, -0.25) is 13.9 Å². The van der Waals surface area contributed by atoms with E-state index in [1.54, 1.807) is 23.1 Å². The zero-order valence-electron chi connectivity index (χ0n) is 20.3.